The molecule has 1 fully saturated rings. The van der Waals surface area contributed by atoms with E-state index in [2.05, 4.69) is 9.97 Å². The highest BCUT2D eigenvalue weighted by Gasteiger charge is 2.27. The predicted octanol–water partition coefficient (Wildman–Crippen LogP) is 3.40. The second kappa shape index (κ2) is 8.37. The van der Waals surface area contributed by atoms with E-state index in [1.165, 1.54) is 20.3 Å². The second-order valence-corrected chi connectivity index (χ2v) is 6.45. The van der Waals surface area contributed by atoms with Gasteiger partial charge in [0.05, 0.1) is 25.8 Å². The molecule has 1 aliphatic rings. The van der Waals surface area contributed by atoms with Crippen molar-refractivity contribution in [3.8, 4) is 22.8 Å². The number of hydrogen-bond acceptors (Lipinski definition) is 6. The maximum absolute atomic E-state index is 13.4. The van der Waals surface area contributed by atoms with Gasteiger partial charge in [-0.3, -0.25) is 4.79 Å². The minimum absolute atomic E-state index is 0.173. The maximum Gasteiger partial charge on any atom is 0.306 e. The molecule has 0 saturated carbocycles. The van der Waals surface area contributed by atoms with E-state index in [4.69, 9.17) is 14.6 Å². The highest BCUT2D eigenvalue weighted by Crippen LogP contribution is 2.33. The lowest BCUT2D eigenvalue weighted by atomic mass is 9.97. The normalized spacial score (nSPS) is 15.0. The van der Waals surface area contributed by atoms with E-state index in [0.717, 1.165) is 0 Å². The summed E-state index contributed by atoms with van der Waals surface area (Å²) in [6.45, 7) is 0.796. The summed E-state index contributed by atoms with van der Waals surface area (Å²) in [5.41, 5.74) is 0.542. The predicted molar refractivity (Wildman–Crippen MR) is 98.1 cm³/mol. The van der Waals surface area contributed by atoms with Crippen molar-refractivity contribution in [3.05, 3.63) is 30.0 Å². The monoisotopic (exact) mass is 393 g/mol. The highest BCUT2D eigenvalue weighted by atomic mass is 19.3. The van der Waals surface area contributed by atoms with E-state index in [1.807, 2.05) is 0 Å². The topological polar surface area (TPSA) is 84.8 Å². The molecule has 0 spiro atoms. The van der Waals surface area contributed by atoms with Crippen molar-refractivity contribution in [3.63, 3.8) is 0 Å². The van der Waals surface area contributed by atoms with Crippen LogP contribution in [-0.2, 0) is 4.79 Å². The minimum Gasteiger partial charge on any atom is -0.493 e. The molecule has 1 saturated heterocycles. The van der Waals surface area contributed by atoms with E-state index in [1.54, 1.807) is 23.1 Å². The first kappa shape index (κ1) is 19.8. The first-order valence-electron chi connectivity index (χ1n) is 8.80. The Morgan fingerprint density at radius 1 is 1.14 bits per heavy atom. The molecular formula is C19H21F2N3O4. The number of rotatable bonds is 6. The summed E-state index contributed by atoms with van der Waals surface area (Å²) < 4.78 is 37.3. The lowest BCUT2D eigenvalue weighted by molar-refractivity contribution is -0.142. The molecule has 0 aliphatic carbocycles. The van der Waals surface area contributed by atoms with Crippen molar-refractivity contribution in [1.29, 1.82) is 0 Å². The van der Waals surface area contributed by atoms with Crippen LogP contribution in [0.25, 0.3) is 11.3 Å². The van der Waals surface area contributed by atoms with Crippen LogP contribution in [0.1, 0.15) is 25.0 Å². The molecule has 2 heterocycles. The van der Waals surface area contributed by atoms with Gasteiger partial charge in [0, 0.05) is 18.7 Å². The third kappa shape index (κ3) is 4.13. The van der Waals surface area contributed by atoms with Crippen LogP contribution in [0.15, 0.2) is 24.3 Å². The van der Waals surface area contributed by atoms with Crippen molar-refractivity contribution >= 4 is 11.9 Å². The number of ether oxygens (including phenoxy) is 2. The zero-order valence-corrected chi connectivity index (χ0v) is 15.6. The molecule has 3 rings (SSSR count). The molecule has 0 amide bonds. The summed E-state index contributed by atoms with van der Waals surface area (Å²) >= 11 is 0. The lowest BCUT2D eigenvalue weighted by Crippen LogP contribution is -2.37. The number of carboxylic acids is 1. The van der Waals surface area contributed by atoms with Crippen LogP contribution >= 0.6 is 0 Å². The Hall–Kier alpha value is -2.97. The standard InChI is InChI=1S/C19H21F2N3O4/c1-27-15-4-3-12(9-16(15)28-2)13-10-14(17(20)21)23-19(22-13)24-7-5-11(6-8-24)18(25)26/h3-4,9-11,17H,5-8H2,1-2H3,(H,25,26). The summed E-state index contributed by atoms with van der Waals surface area (Å²) in [6, 6.07) is 6.30. The Morgan fingerprint density at radius 2 is 1.82 bits per heavy atom. The zero-order valence-electron chi connectivity index (χ0n) is 15.6. The van der Waals surface area contributed by atoms with Crippen molar-refractivity contribution in [2.75, 3.05) is 32.2 Å². The van der Waals surface area contributed by atoms with Gasteiger partial charge in [0.25, 0.3) is 6.43 Å². The number of methoxy groups -OCH3 is 2. The van der Waals surface area contributed by atoms with Gasteiger partial charge in [-0.25, -0.2) is 18.7 Å². The lowest BCUT2D eigenvalue weighted by Gasteiger charge is -2.30. The fraction of sp³-hybridized carbons (Fsp3) is 0.421. The van der Waals surface area contributed by atoms with E-state index in [0.29, 0.717) is 48.7 Å². The number of anilines is 1. The fourth-order valence-corrected chi connectivity index (χ4v) is 3.18. The van der Waals surface area contributed by atoms with Gasteiger partial charge in [-0.2, -0.15) is 0 Å². The van der Waals surface area contributed by atoms with Crippen LogP contribution in [0.4, 0.5) is 14.7 Å². The third-order valence-corrected chi connectivity index (χ3v) is 4.76. The average molecular weight is 393 g/mol. The number of nitrogens with zero attached hydrogens (tertiary/aromatic N) is 3. The molecule has 1 N–H and O–H groups in total. The Morgan fingerprint density at radius 3 is 2.39 bits per heavy atom. The average Bonchev–Trinajstić information content (AvgIpc) is 2.72. The number of piperidine rings is 1. The Labute approximate surface area is 160 Å². The van der Waals surface area contributed by atoms with Crippen LogP contribution in [0.3, 0.4) is 0 Å². The minimum atomic E-state index is -2.75. The smallest absolute Gasteiger partial charge is 0.306 e. The largest absolute Gasteiger partial charge is 0.493 e. The summed E-state index contributed by atoms with van der Waals surface area (Å²) in [5.74, 6) is -0.120. The SMILES string of the molecule is COc1ccc(-c2cc(C(F)F)nc(N3CCC(C(=O)O)CC3)n2)cc1OC. The van der Waals surface area contributed by atoms with Crippen LogP contribution in [0.2, 0.25) is 0 Å². The number of carboxylic acid groups (broad SMARTS) is 1. The molecular weight excluding hydrogens is 372 g/mol. The number of aliphatic carboxylic acids is 1. The van der Waals surface area contributed by atoms with E-state index in [9.17, 15) is 13.6 Å². The molecule has 1 aromatic heterocycles. The number of carbonyl (C=O) groups is 1. The summed E-state index contributed by atoms with van der Waals surface area (Å²) in [6.07, 6.45) is -1.91. The van der Waals surface area contributed by atoms with Gasteiger partial charge < -0.3 is 19.5 Å². The Kier molecular flexibility index (Phi) is 5.91. The summed E-state index contributed by atoms with van der Waals surface area (Å²) in [5, 5.41) is 9.13. The second-order valence-electron chi connectivity index (χ2n) is 6.45. The molecule has 0 atom stereocenters. The van der Waals surface area contributed by atoms with Crippen LogP contribution in [0, 0.1) is 5.92 Å². The number of hydrogen-bond donors (Lipinski definition) is 1. The number of alkyl halides is 2. The van der Waals surface area contributed by atoms with Crippen molar-refractivity contribution < 1.29 is 28.2 Å². The summed E-state index contributed by atoms with van der Waals surface area (Å²) in [4.78, 5) is 21.3. The maximum atomic E-state index is 13.4. The van der Waals surface area contributed by atoms with Crippen LogP contribution < -0.4 is 14.4 Å². The van der Waals surface area contributed by atoms with E-state index in [-0.39, 0.29) is 11.6 Å². The van der Waals surface area contributed by atoms with Gasteiger partial charge in [0.15, 0.2) is 11.5 Å². The quantitative estimate of drug-likeness (QED) is 0.805. The van der Waals surface area contributed by atoms with Gasteiger partial charge in [0.2, 0.25) is 5.95 Å². The molecule has 0 radical (unpaired) electrons. The molecule has 0 unspecified atom stereocenters. The van der Waals surface area contributed by atoms with Crippen LogP contribution in [0.5, 0.6) is 11.5 Å². The van der Waals surface area contributed by atoms with E-state index < -0.39 is 18.3 Å². The van der Waals surface area contributed by atoms with Gasteiger partial charge in [-0.05, 0) is 37.1 Å². The van der Waals surface area contributed by atoms with Gasteiger partial charge in [0.1, 0.15) is 5.69 Å². The zero-order chi connectivity index (χ0) is 20.3. The van der Waals surface area contributed by atoms with Crippen molar-refractivity contribution in [2.24, 2.45) is 5.92 Å². The number of benzene rings is 1. The molecule has 1 aromatic carbocycles. The van der Waals surface area contributed by atoms with Gasteiger partial charge in [-0.15, -0.1) is 0 Å². The molecule has 1 aliphatic heterocycles. The van der Waals surface area contributed by atoms with Gasteiger partial charge in [-0.1, -0.05) is 0 Å². The Bertz CT molecular complexity index is 855. The molecule has 7 nitrogen and oxygen atoms in total. The molecule has 9 heteroatoms. The highest BCUT2D eigenvalue weighted by molar-refractivity contribution is 5.70. The molecule has 2 aromatic rings. The van der Waals surface area contributed by atoms with Gasteiger partial charge >= 0.3 is 5.97 Å². The number of halogens is 2. The third-order valence-electron chi connectivity index (χ3n) is 4.76. The fourth-order valence-electron chi connectivity index (χ4n) is 3.18. The molecule has 150 valence electrons. The van der Waals surface area contributed by atoms with E-state index >= 15 is 0 Å². The molecule has 0 bridgehead atoms. The first-order valence-corrected chi connectivity index (χ1v) is 8.80. The Balaban J connectivity index is 1.96. The van der Waals surface area contributed by atoms with Crippen molar-refractivity contribution in [2.45, 2.75) is 19.3 Å². The first-order chi connectivity index (χ1) is 13.4. The summed E-state index contributed by atoms with van der Waals surface area (Å²) in [7, 11) is 3.00. The van der Waals surface area contributed by atoms with Crippen molar-refractivity contribution in [1.82, 2.24) is 9.97 Å². The molecule has 28 heavy (non-hydrogen) atoms. The number of aromatic nitrogens is 2. The van der Waals surface area contributed by atoms with Crippen LogP contribution in [-0.4, -0.2) is 48.4 Å².